The normalized spacial score (nSPS) is 20.9. The summed E-state index contributed by atoms with van der Waals surface area (Å²) in [7, 11) is 0. The summed E-state index contributed by atoms with van der Waals surface area (Å²) in [6, 6.07) is 0.200. The van der Waals surface area contributed by atoms with Gasteiger partial charge in [-0.2, -0.15) is 0 Å². The van der Waals surface area contributed by atoms with E-state index in [0.717, 1.165) is 25.6 Å². The van der Waals surface area contributed by atoms with Crippen molar-refractivity contribution in [1.29, 1.82) is 0 Å². The number of guanidine groups is 1. The van der Waals surface area contributed by atoms with Crippen LogP contribution in [0.4, 0.5) is 0 Å². The zero-order valence-electron chi connectivity index (χ0n) is 14.5. The topological polar surface area (TPSA) is 56.7 Å². The Kier molecular flexibility index (Phi) is 6.09. The van der Waals surface area contributed by atoms with Crippen molar-refractivity contribution in [2.24, 2.45) is 10.4 Å². The molecule has 1 saturated carbocycles. The summed E-state index contributed by atoms with van der Waals surface area (Å²) in [6.07, 6.45) is 7.28. The summed E-state index contributed by atoms with van der Waals surface area (Å²) in [4.78, 5) is 18.8. The fraction of sp³-hybridized carbons (Fsp3) is 0.882. The molecule has 2 fully saturated rings. The Labute approximate surface area is 134 Å². The predicted molar refractivity (Wildman–Crippen MR) is 91.0 cm³/mol. The van der Waals surface area contributed by atoms with Crippen LogP contribution in [0.5, 0.6) is 0 Å². The van der Waals surface area contributed by atoms with E-state index in [2.05, 4.69) is 27.4 Å². The molecule has 1 heterocycles. The van der Waals surface area contributed by atoms with E-state index >= 15 is 0 Å². The molecule has 2 rings (SSSR count). The molecule has 0 atom stereocenters. The van der Waals surface area contributed by atoms with Gasteiger partial charge in [-0.15, -0.1) is 0 Å². The Morgan fingerprint density at radius 1 is 1.27 bits per heavy atom. The molecule has 5 nitrogen and oxygen atoms in total. The lowest BCUT2D eigenvalue weighted by atomic mass is 9.86. The van der Waals surface area contributed by atoms with Crippen LogP contribution in [0.1, 0.15) is 59.3 Å². The van der Waals surface area contributed by atoms with E-state index in [1.54, 1.807) is 0 Å². The minimum atomic E-state index is 0.0864. The first-order valence-corrected chi connectivity index (χ1v) is 8.87. The van der Waals surface area contributed by atoms with Crippen molar-refractivity contribution in [3.8, 4) is 0 Å². The van der Waals surface area contributed by atoms with Gasteiger partial charge in [0.05, 0.1) is 6.54 Å². The maximum Gasteiger partial charge on any atom is 0.222 e. The number of hydrogen-bond acceptors (Lipinski definition) is 2. The third-order valence-electron chi connectivity index (χ3n) is 4.79. The molecule has 0 aromatic carbocycles. The smallest absolute Gasteiger partial charge is 0.222 e. The summed E-state index contributed by atoms with van der Waals surface area (Å²) in [5, 5.41) is 6.31. The van der Waals surface area contributed by atoms with Crippen molar-refractivity contribution in [2.75, 3.05) is 26.2 Å². The van der Waals surface area contributed by atoms with Gasteiger partial charge in [0.1, 0.15) is 0 Å². The summed E-state index contributed by atoms with van der Waals surface area (Å²) >= 11 is 0. The van der Waals surface area contributed by atoms with Gasteiger partial charge in [-0.3, -0.25) is 9.79 Å². The highest BCUT2D eigenvalue weighted by Crippen LogP contribution is 2.45. The first-order valence-electron chi connectivity index (χ1n) is 8.87. The van der Waals surface area contributed by atoms with Crippen LogP contribution in [0.15, 0.2) is 4.99 Å². The van der Waals surface area contributed by atoms with Crippen molar-refractivity contribution >= 4 is 11.9 Å². The largest absolute Gasteiger partial charge is 0.357 e. The first kappa shape index (κ1) is 17.1. The van der Waals surface area contributed by atoms with E-state index in [4.69, 9.17) is 0 Å². The number of nitrogens with zero attached hydrogens (tertiary/aromatic N) is 2. The molecular weight excluding hydrogens is 276 g/mol. The summed E-state index contributed by atoms with van der Waals surface area (Å²) < 4.78 is 0. The number of carbonyl (C=O) groups is 1. The van der Waals surface area contributed by atoms with E-state index in [-0.39, 0.29) is 11.9 Å². The number of aliphatic imine (C=N–C) groups is 1. The lowest BCUT2D eigenvalue weighted by Gasteiger charge is -2.26. The number of nitrogens with one attached hydrogen (secondary N) is 2. The van der Waals surface area contributed by atoms with Crippen LogP contribution in [0.2, 0.25) is 0 Å². The number of amides is 1. The third kappa shape index (κ3) is 4.62. The predicted octanol–water partition coefficient (Wildman–Crippen LogP) is 2.13. The van der Waals surface area contributed by atoms with Gasteiger partial charge < -0.3 is 15.5 Å². The molecule has 2 aliphatic rings. The molecule has 0 unspecified atom stereocenters. The molecule has 1 spiro atoms. The Bertz CT molecular complexity index is 399. The second kappa shape index (κ2) is 7.84. The summed E-state index contributed by atoms with van der Waals surface area (Å²) in [5.74, 6) is 1.08. The van der Waals surface area contributed by atoms with Gasteiger partial charge in [0.15, 0.2) is 5.96 Å². The standard InChI is InChI=1S/C17H32N4O/c1-4-18-16(19-11-7-15(22)20-14(2)3)21-12-10-17(13-21)8-5-6-9-17/h14H,4-13H2,1-3H3,(H,18,19)(H,20,22). The molecule has 0 radical (unpaired) electrons. The van der Waals surface area contributed by atoms with Gasteiger partial charge in [-0.1, -0.05) is 12.8 Å². The summed E-state index contributed by atoms with van der Waals surface area (Å²) in [6.45, 7) is 9.74. The van der Waals surface area contributed by atoms with Crippen LogP contribution in [-0.2, 0) is 4.79 Å². The van der Waals surface area contributed by atoms with Gasteiger partial charge >= 0.3 is 0 Å². The van der Waals surface area contributed by atoms with Crippen molar-refractivity contribution in [3.05, 3.63) is 0 Å². The second-order valence-corrected chi connectivity index (χ2v) is 7.09. The Hall–Kier alpha value is -1.26. The number of rotatable bonds is 5. The molecule has 1 amide bonds. The number of likely N-dealkylation sites (tertiary alicyclic amines) is 1. The van der Waals surface area contributed by atoms with E-state index in [9.17, 15) is 4.79 Å². The van der Waals surface area contributed by atoms with Crippen LogP contribution >= 0.6 is 0 Å². The number of carbonyl (C=O) groups excluding carboxylic acids is 1. The van der Waals surface area contributed by atoms with E-state index < -0.39 is 0 Å². The van der Waals surface area contributed by atoms with E-state index in [1.165, 1.54) is 32.1 Å². The molecule has 2 N–H and O–H groups in total. The molecule has 126 valence electrons. The van der Waals surface area contributed by atoms with Crippen LogP contribution < -0.4 is 10.6 Å². The molecule has 0 aromatic heterocycles. The van der Waals surface area contributed by atoms with E-state index in [0.29, 0.717) is 18.4 Å². The minimum absolute atomic E-state index is 0.0864. The quantitative estimate of drug-likeness (QED) is 0.604. The fourth-order valence-corrected chi connectivity index (χ4v) is 3.73. The van der Waals surface area contributed by atoms with Gasteiger partial charge in [-0.05, 0) is 45.4 Å². The molecule has 0 bridgehead atoms. The molecule has 1 saturated heterocycles. The fourth-order valence-electron chi connectivity index (χ4n) is 3.73. The van der Waals surface area contributed by atoms with Crippen LogP contribution in [0.25, 0.3) is 0 Å². The molecule has 5 heteroatoms. The van der Waals surface area contributed by atoms with Crippen LogP contribution in [0.3, 0.4) is 0 Å². The molecule has 0 aromatic rings. The minimum Gasteiger partial charge on any atom is -0.357 e. The average Bonchev–Trinajstić information content (AvgIpc) is 3.08. The van der Waals surface area contributed by atoms with Gasteiger partial charge in [0.25, 0.3) is 0 Å². The molecular formula is C17H32N4O. The van der Waals surface area contributed by atoms with Gasteiger partial charge in [0.2, 0.25) is 5.91 Å². The maximum atomic E-state index is 11.7. The number of hydrogen-bond donors (Lipinski definition) is 2. The molecule has 22 heavy (non-hydrogen) atoms. The highest BCUT2D eigenvalue weighted by molar-refractivity contribution is 5.81. The Morgan fingerprint density at radius 3 is 2.64 bits per heavy atom. The van der Waals surface area contributed by atoms with Gasteiger partial charge in [-0.25, -0.2) is 0 Å². The maximum absolute atomic E-state index is 11.7. The Morgan fingerprint density at radius 2 is 2.00 bits per heavy atom. The lowest BCUT2D eigenvalue weighted by molar-refractivity contribution is -0.121. The van der Waals surface area contributed by atoms with Crippen molar-refractivity contribution in [2.45, 2.75) is 65.3 Å². The average molecular weight is 308 g/mol. The van der Waals surface area contributed by atoms with Crippen molar-refractivity contribution in [1.82, 2.24) is 15.5 Å². The summed E-state index contributed by atoms with van der Waals surface area (Å²) in [5.41, 5.74) is 0.547. The third-order valence-corrected chi connectivity index (χ3v) is 4.79. The van der Waals surface area contributed by atoms with Crippen LogP contribution in [0, 0.1) is 5.41 Å². The van der Waals surface area contributed by atoms with Crippen molar-refractivity contribution < 1.29 is 4.79 Å². The van der Waals surface area contributed by atoms with Crippen molar-refractivity contribution in [3.63, 3.8) is 0 Å². The second-order valence-electron chi connectivity index (χ2n) is 7.09. The molecule has 1 aliphatic carbocycles. The van der Waals surface area contributed by atoms with E-state index in [1.807, 2.05) is 13.8 Å². The SMILES string of the molecule is CCNC(=NCCC(=O)NC(C)C)N1CCC2(CCCC2)C1. The first-order chi connectivity index (χ1) is 10.5. The monoisotopic (exact) mass is 308 g/mol. The highest BCUT2D eigenvalue weighted by Gasteiger charge is 2.41. The zero-order valence-corrected chi connectivity index (χ0v) is 14.5. The lowest BCUT2D eigenvalue weighted by Crippen LogP contribution is -2.41. The Balaban J connectivity index is 1.86. The zero-order chi connectivity index (χ0) is 16.0. The highest BCUT2D eigenvalue weighted by atomic mass is 16.1. The van der Waals surface area contributed by atoms with Gasteiger partial charge in [0, 0.05) is 32.1 Å². The molecule has 1 aliphatic heterocycles. The van der Waals surface area contributed by atoms with Crippen LogP contribution in [-0.4, -0.2) is 49.0 Å².